The zero-order valence-corrected chi connectivity index (χ0v) is 19.9. The molecule has 1 atom stereocenters. The van der Waals surface area contributed by atoms with Crippen molar-refractivity contribution in [3.05, 3.63) is 82.9 Å². The number of esters is 1. The summed E-state index contributed by atoms with van der Waals surface area (Å²) in [4.78, 5) is 27.2. The molecule has 184 valence electrons. The molecule has 35 heavy (non-hydrogen) atoms. The summed E-state index contributed by atoms with van der Waals surface area (Å²) in [7, 11) is 0. The fourth-order valence-electron chi connectivity index (χ4n) is 4.16. The first kappa shape index (κ1) is 24.6. The van der Waals surface area contributed by atoms with Crippen molar-refractivity contribution in [3.8, 4) is 5.69 Å². The minimum atomic E-state index is -0.414. The van der Waals surface area contributed by atoms with E-state index in [1.807, 2.05) is 0 Å². The molecule has 9 heteroatoms. The Hall–Kier alpha value is -3.56. The number of morpholine rings is 1. The van der Waals surface area contributed by atoms with Gasteiger partial charge in [-0.05, 0) is 55.8 Å². The number of carbonyl (C=O) groups excluding carboxylic acids is 2. The predicted molar refractivity (Wildman–Crippen MR) is 128 cm³/mol. The molecule has 1 aliphatic heterocycles. The summed E-state index contributed by atoms with van der Waals surface area (Å²) in [5.74, 6) is -0.912. The quantitative estimate of drug-likeness (QED) is 0.498. The van der Waals surface area contributed by atoms with Crippen LogP contribution in [0.1, 0.15) is 44.9 Å². The molecule has 3 aromatic rings. The molecular weight excluding hydrogens is 451 g/mol. The molecule has 1 aliphatic rings. The van der Waals surface area contributed by atoms with E-state index < -0.39 is 5.97 Å². The van der Waals surface area contributed by atoms with Gasteiger partial charge in [0.25, 0.3) is 5.91 Å². The second-order valence-electron chi connectivity index (χ2n) is 8.25. The van der Waals surface area contributed by atoms with E-state index in [9.17, 15) is 14.0 Å². The number of aromatic nitrogens is 2. The number of ether oxygens (including phenoxy) is 2. The maximum absolute atomic E-state index is 13.5. The summed E-state index contributed by atoms with van der Waals surface area (Å²) in [5.41, 5.74) is 3.24. The molecule has 1 aromatic heterocycles. The lowest BCUT2D eigenvalue weighted by Crippen LogP contribution is -2.43. The molecule has 1 saturated heterocycles. The first-order chi connectivity index (χ1) is 17.0. The van der Waals surface area contributed by atoms with Crippen LogP contribution >= 0.6 is 0 Å². The summed E-state index contributed by atoms with van der Waals surface area (Å²) in [6.45, 7) is 6.95. The first-order valence-corrected chi connectivity index (χ1v) is 11.7. The molecule has 8 nitrogen and oxygen atoms in total. The average Bonchev–Trinajstić information content (AvgIpc) is 3.27. The molecule has 2 aromatic carbocycles. The minimum Gasteiger partial charge on any atom is -0.462 e. The van der Waals surface area contributed by atoms with Crippen molar-refractivity contribution >= 4 is 11.9 Å². The lowest BCUT2D eigenvalue weighted by molar-refractivity contribution is 0.0162. The highest BCUT2D eigenvalue weighted by molar-refractivity contribution is 5.94. The number of benzene rings is 2. The number of hydrogen-bond donors (Lipinski definition) is 1. The van der Waals surface area contributed by atoms with Gasteiger partial charge >= 0.3 is 5.97 Å². The van der Waals surface area contributed by atoms with E-state index in [4.69, 9.17) is 9.47 Å². The maximum Gasteiger partial charge on any atom is 0.341 e. The van der Waals surface area contributed by atoms with E-state index in [0.717, 1.165) is 24.3 Å². The number of amides is 1. The molecule has 0 aliphatic carbocycles. The van der Waals surface area contributed by atoms with Gasteiger partial charge in [0.2, 0.25) is 0 Å². The number of nitrogens with one attached hydrogen (secondary N) is 1. The second kappa shape index (κ2) is 11.2. The third kappa shape index (κ3) is 5.75. The highest BCUT2D eigenvalue weighted by Gasteiger charge is 2.23. The molecule has 0 spiro atoms. The van der Waals surface area contributed by atoms with Crippen LogP contribution in [0.15, 0.2) is 54.7 Å². The fraction of sp³-hybridized carbons (Fsp3) is 0.346. The molecular formula is C26H29FN4O4. The van der Waals surface area contributed by atoms with Gasteiger partial charge in [-0.25, -0.2) is 13.9 Å². The van der Waals surface area contributed by atoms with E-state index >= 15 is 0 Å². The van der Waals surface area contributed by atoms with Gasteiger partial charge in [-0.2, -0.15) is 5.10 Å². The third-order valence-corrected chi connectivity index (χ3v) is 6.08. The number of nitrogens with zero attached hydrogens (tertiary/aromatic N) is 3. The Bertz CT molecular complexity index is 1160. The van der Waals surface area contributed by atoms with Crippen molar-refractivity contribution < 1.29 is 23.5 Å². The smallest absolute Gasteiger partial charge is 0.341 e. The molecule has 1 fully saturated rings. The van der Waals surface area contributed by atoms with Crippen LogP contribution in [0.5, 0.6) is 0 Å². The Labute approximate surface area is 203 Å². The number of halogens is 1. The highest BCUT2D eigenvalue weighted by Crippen LogP contribution is 2.22. The normalized spacial score (nSPS) is 14.9. The van der Waals surface area contributed by atoms with Crippen LogP contribution in [-0.4, -0.2) is 66.0 Å². The number of hydrogen-bond acceptors (Lipinski definition) is 6. The summed E-state index contributed by atoms with van der Waals surface area (Å²) < 4.78 is 25.6. The van der Waals surface area contributed by atoms with Crippen LogP contribution in [-0.2, 0) is 9.47 Å². The largest absolute Gasteiger partial charge is 0.462 e. The molecule has 1 N–H and O–H groups in total. The van der Waals surface area contributed by atoms with Crippen molar-refractivity contribution in [2.24, 2.45) is 0 Å². The van der Waals surface area contributed by atoms with Gasteiger partial charge in [0.15, 0.2) is 0 Å². The van der Waals surface area contributed by atoms with Crippen molar-refractivity contribution in [2.45, 2.75) is 19.9 Å². The molecule has 1 unspecified atom stereocenters. The van der Waals surface area contributed by atoms with Crippen molar-refractivity contribution in [3.63, 3.8) is 0 Å². The Morgan fingerprint density at radius 3 is 2.46 bits per heavy atom. The van der Waals surface area contributed by atoms with Crippen LogP contribution in [0.3, 0.4) is 0 Å². The summed E-state index contributed by atoms with van der Waals surface area (Å²) in [6, 6.07) is 13.3. The summed E-state index contributed by atoms with van der Waals surface area (Å²) >= 11 is 0. The van der Waals surface area contributed by atoms with Crippen LogP contribution in [0.4, 0.5) is 4.39 Å². The minimum absolute atomic E-state index is 0.0873. The van der Waals surface area contributed by atoms with Crippen LogP contribution in [0.25, 0.3) is 5.69 Å². The van der Waals surface area contributed by atoms with Gasteiger partial charge in [0, 0.05) is 25.2 Å². The van der Waals surface area contributed by atoms with Crippen molar-refractivity contribution in [1.29, 1.82) is 0 Å². The van der Waals surface area contributed by atoms with Gasteiger partial charge in [0.05, 0.1) is 43.4 Å². The molecule has 1 amide bonds. The topological polar surface area (TPSA) is 85.7 Å². The van der Waals surface area contributed by atoms with E-state index in [1.165, 1.54) is 18.3 Å². The predicted octanol–water partition coefficient (Wildman–Crippen LogP) is 3.30. The Kier molecular flexibility index (Phi) is 7.89. The maximum atomic E-state index is 13.5. The van der Waals surface area contributed by atoms with Gasteiger partial charge < -0.3 is 14.8 Å². The third-order valence-electron chi connectivity index (χ3n) is 6.08. The van der Waals surface area contributed by atoms with Gasteiger partial charge in [-0.15, -0.1) is 0 Å². The lowest BCUT2D eigenvalue weighted by Gasteiger charge is -2.35. The fourth-order valence-corrected chi connectivity index (χ4v) is 4.16. The van der Waals surface area contributed by atoms with Crippen LogP contribution in [0.2, 0.25) is 0 Å². The second-order valence-corrected chi connectivity index (χ2v) is 8.25. The molecule has 4 rings (SSSR count). The van der Waals surface area contributed by atoms with Gasteiger partial charge in [0.1, 0.15) is 11.4 Å². The Balaban J connectivity index is 1.44. The standard InChI is InChI=1S/C26H29FN4O4/c1-3-35-26(33)23-16-29-31(18(23)2)22-10-6-20(7-11-22)25(32)28-17-24(30-12-14-34-15-13-30)19-4-8-21(27)9-5-19/h4-11,16,24H,3,12-15,17H2,1-2H3,(H,28,32). The number of rotatable bonds is 8. The van der Waals surface area contributed by atoms with E-state index in [1.54, 1.807) is 54.9 Å². The highest BCUT2D eigenvalue weighted by atomic mass is 19.1. The average molecular weight is 481 g/mol. The van der Waals surface area contributed by atoms with Crippen LogP contribution in [0, 0.1) is 12.7 Å². The van der Waals surface area contributed by atoms with E-state index in [2.05, 4.69) is 15.3 Å². The van der Waals surface area contributed by atoms with E-state index in [0.29, 0.717) is 43.2 Å². The lowest BCUT2D eigenvalue weighted by atomic mass is 10.0. The monoisotopic (exact) mass is 480 g/mol. The molecule has 2 heterocycles. The molecule has 0 bridgehead atoms. The summed E-state index contributed by atoms with van der Waals surface area (Å²) in [6.07, 6.45) is 1.48. The Morgan fingerprint density at radius 2 is 1.80 bits per heavy atom. The van der Waals surface area contributed by atoms with Crippen molar-refractivity contribution in [2.75, 3.05) is 39.5 Å². The van der Waals surface area contributed by atoms with Crippen molar-refractivity contribution in [1.82, 2.24) is 20.0 Å². The Morgan fingerprint density at radius 1 is 1.11 bits per heavy atom. The molecule has 0 radical (unpaired) electrons. The summed E-state index contributed by atoms with van der Waals surface area (Å²) in [5, 5.41) is 7.30. The zero-order chi connectivity index (χ0) is 24.8. The first-order valence-electron chi connectivity index (χ1n) is 11.7. The van der Waals surface area contributed by atoms with Crippen LogP contribution < -0.4 is 5.32 Å². The van der Waals surface area contributed by atoms with Gasteiger partial charge in [-0.1, -0.05) is 12.1 Å². The SMILES string of the molecule is CCOC(=O)c1cnn(-c2ccc(C(=O)NCC(c3ccc(F)cc3)N3CCOCC3)cc2)c1C. The van der Waals surface area contributed by atoms with E-state index in [-0.39, 0.29) is 17.8 Å². The number of carbonyl (C=O) groups is 2. The molecule has 0 saturated carbocycles. The zero-order valence-electron chi connectivity index (χ0n) is 19.9. The van der Waals surface area contributed by atoms with Gasteiger partial charge in [-0.3, -0.25) is 9.69 Å².